The molecule has 1 aliphatic heterocycles. The van der Waals surface area contributed by atoms with Crippen molar-refractivity contribution >= 4 is 21.9 Å². The van der Waals surface area contributed by atoms with E-state index in [0.717, 1.165) is 11.0 Å². The zero-order valence-electron chi connectivity index (χ0n) is 20.6. The Kier molecular flexibility index (Phi) is 8.05. The zero-order chi connectivity index (χ0) is 25.9. The molecule has 0 aromatic heterocycles. The molecule has 1 heterocycles. The summed E-state index contributed by atoms with van der Waals surface area (Å²) in [6, 6.07) is 16.5. The highest BCUT2D eigenvalue weighted by molar-refractivity contribution is 9.10. The van der Waals surface area contributed by atoms with Gasteiger partial charge in [0.2, 0.25) is 5.92 Å². The number of nitrogens with zero attached hydrogens (tertiary/aromatic N) is 2. The summed E-state index contributed by atoms with van der Waals surface area (Å²) in [6.45, 7) is 5.48. The summed E-state index contributed by atoms with van der Waals surface area (Å²) >= 11 is 3.47. The summed E-state index contributed by atoms with van der Waals surface area (Å²) in [5.41, 5.74) is -0.629. The van der Waals surface area contributed by atoms with Crippen molar-refractivity contribution in [1.82, 2.24) is 9.80 Å². The van der Waals surface area contributed by atoms with Gasteiger partial charge in [0, 0.05) is 42.2 Å². The lowest BCUT2D eigenvalue weighted by Gasteiger charge is -2.36. The Morgan fingerprint density at radius 1 is 1.14 bits per heavy atom. The standard InChI is InChI=1S/C28H33BrF2N2O3/c1-20(2)25-32(14-15-33(25)19-21-8-10-24(29)11-9-21)16-17-36-26(34)28(35,22-6-4-3-5-7-22)23-12-13-27(30,31)18-23/h3-11,14-15,20,23,25,35H,12-13,16-19H2,1-2H3/t23-,25?,28+/m1/s1. The quantitative estimate of drug-likeness (QED) is 0.386. The molecule has 1 aliphatic carbocycles. The van der Waals surface area contributed by atoms with Gasteiger partial charge in [-0.3, -0.25) is 0 Å². The Labute approximate surface area is 219 Å². The minimum Gasteiger partial charge on any atom is -0.461 e. The Morgan fingerprint density at radius 3 is 2.42 bits per heavy atom. The number of carbonyl (C=O) groups excluding carboxylic acids is 1. The highest BCUT2D eigenvalue weighted by Gasteiger charge is 2.54. The van der Waals surface area contributed by atoms with Gasteiger partial charge in [-0.15, -0.1) is 0 Å². The lowest BCUT2D eigenvalue weighted by Crippen LogP contribution is -2.46. The second-order valence-corrected chi connectivity index (χ2v) is 11.0. The van der Waals surface area contributed by atoms with Crippen LogP contribution in [-0.2, 0) is 21.7 Å². The van der Waals surface area contributed by atoms with E-state index < -0.39 is 29.8 Å². The van der Waals surface area contributed by atoms with E-state index in [4.69, 9.17) is 4.74 Å². The molecule has 1 fully saturated rings. The second kappa shape index (κ2) is 10.9. The fourth-order valence-corrected chi connectivity index (χ4v) is 5.59. The van der Waals surface area contributed by atoms with Crippen LogP contribution in [0, 0.1) is 11.8 Å². The van der Waals surface area contributed by atoms with Crippen LogP contribution in [0.2, 0.25) is 0 Å². The lowest BCUT2D eigenvalue weighted by atomic mass is 9.80. The molecule has 1 unspecified atom stereocenters. The third kappa shape index (κ3) is 5.75. The van der Waals surface area contributed by atoms with Gasteiger partial charge >= 0.3 is 5.97 Å². The van der Waals surface area contributed by atoms with Crippen LogP contribution in [0.5, 0.6) is 0 Å². The highest BCUT2D eigenvalue weighted by Crippen LogP contribution is 2.47. The van der Waals surface area contributed by atoms with Crippen LogP contribution in [0.1, 0.15) is 44.2 Å². The fraction of sp³-hybridized carbons (Fsp3) is 0.464. The van der Waals surface area contributed by atoms with Crippen LogP contribution in [0.4, 0.5) is 8.78 Å². The van der Waals surface area contributed by atoms with Gasteiger partial charge in [0.1, 0.15) is 12.8 Å². The third-order valence-electron chi connectivity index (χ3n) is 7.11. The molecular weight excluding hydrogens is 530 g/mol. The number of benzene rings is 2. The van der Waals surface area contributed by atoms with E-state index >= 15 is 0 Å². The van der Waals surface area contributed by atoms with Gasteiger partial charge in [0.15, 0.2) is 5.60 Å². The van der Waals surface area contributed by atoms with Crippen molar-refractivity contribution in [3.05, 3.63) is 82.6 Å². The van der Waals surface area contributed by atoms with Gasteiger partial charge in [0.05, 0.1) is 6.54 Å². The Morgan fingerprint density at radius 2 is 1.81 bits per heavy atom. The highest BCUT2D eigenvalue weighted by atomic mass is 79.9. The normalized spacial score (nSPS) is 22.8. The van der Waals surface area contributed by atoms with E-state index in [-0.39, 0.29) is 25.6 Å². The zero-order valence-corrected chi connectivity index (χ0v) is 22.2. The van der Waals surface area contributed by atoms with Crippen LogP contribution in [0.15, 0.2) is 71.5 Å². The van der Waals surface area contributed by atoms with Crippen LogP contribution in [-0.4, -0.2) is 46.1 Å². The molecule has 1 saturated carbocycles. The van der Waals surface area contributed by atoms with Crippen LogP contribution in [0.3, 0.4) is 0 Å². The van der Waals surface area contributed by atoms with E-state index in [1.165, 1.54) is 5.56 Å². The number of halogens is 3. The summed E-state index contributed by atoms with van der Waals surface area (Å²) in [6.07, 6.45) is 3.27. The Balaban J connectivity index is 1.41. The smallest absolute Gasteiger partial charge is 0.343 e. The molecule has 1 N–H and O–H groups in total. The number of esters is 1. The van der Waals surface area contributed by atoms with Crippen LogP contribution >= 0.6 is 15.9 Å². The number of hydrogen-bond acceptors (Lipinski definition) is 5. The maximum Gasteiger partial charge on any atom is 0.343 e. The molecule has 0 amide bonds. The summed E-state index contributed by atoms with van der Waals surface area (Å²) in [7, 11) is 0. The van der Waals surface area contributed by atoms with E-state index in [0.29, 0.717) is 18.0 Å². The number of carbonyl (C=O) groups is 1. The minimum absolute atomic E-state index is 0.0385. The molecule has 0 radical (unpaired) electrons. The van der Waals surface area contributed by atoms with Gasteiger partial charge in [0.25, 0.3) is 0 Å². The van der Waals surface area contributed by atoms with Crippen molar-refractivity contribution in [2.24, 2.45) is 11.8 Å². The predicted octanol–water partition coefficient (Wildman–Crippen LogP) is 5.89. The van der Waals surface area contributed by atoms with Crippen LogP contribution in [0.25, 0.3) is 0 Å². The maximum absolute atomic E-state index is 14.0. The van der Waals surface area contributed by atoms with E-state index in [1.54, 1.807) is 30.3 Å². The van der Waals surface area contributed by atoms with Crippen molar-refractivity contribution in [3.63, 3.8) is 0 Å². The van der Waals surface area contributed by atoms with Crippen molar-refractivity contribution in [1.29, 1.82) is 0 Å². The summed E-state index contributed by atoms with van der Waals surface area (Å²) in [4.78, 5) is 17.6. The molecule has 2 aromatic rings. The Hall–Kier alpha value is -2.45. The van der Waals surface area contributed by atoms with Crippen molar-refractivity contribution in [3.8, 4) is 0 Å². The second-order valence-electron chi connectivity index (χ2n) is 10.1. The molecule has 0 bridgehead atoms. The average Bonchev–Trinajstić information content (AvgIpc) is 3.43. The van der Waals surface area contributed by atoms with E-state index in [2.05, 4.69) is 51.7 Å². The van der Waals surface area contributed by atoms with Crippen molar-refractivity contribution in [2.75, 3.05) is 13.2 Å². The first-order chi connectivity index (χ1) is 17.1. The fourth-order valence-electron chi connectivity index (χ4n) is 5.33. The van der Waals surface area contributed by atoms with Gasteiger partial charge in [-0.05, 0) is 35.6 Å². The van der Waals surface area contributed by atoms with Crippen molar-refractivity contribution in [2.45, 2.75) is 57.3 Å². The predicted molar refractivity (Wildman–Crippen MR) is 138 cm³/mol. The summed E-state index contributed by atoms with van der Waals surface area (Å²) in [5.74, 6) is -4.36. The first-order valence-corrected chi connectivity index (χ1v) is 13.2. The van der Waals surface area contributed by atoms with Gasteiger partial charge in [-0.25, -0.2) is 13.6 Å². The van der Waals surface area contributed by atoms with Gasteiger partial charge < -0.3 is 19.6 Å². The summed E-state index contributed by atoms with van der Waals surface area (Å²) in [5, 5.41) is 11.5. The molecule has 4 rings (SSSR count). The maximum atomic E-state index is 14.0. The molecule has 5 nitrogen and oxygen atoms in total. The van der Waals surface area contributed by atoms with E-state index in [1.807, 2.05) is 24.5 Å². The molecule has 8 heteroatoms. The number of rotatable bonds is 9. The Bertz CT molecular complexity index is 1060. The number of aliphatic hydroxyl groups is 1. The van der Waals surface area contributed by atoms with Crippen LogP contribution < -0.4 is 0 Å². The monoisotopic (exact) mass is 562 g/mol. The first-order valence-electron chi connectivity index (χ1n) is 12.4. The summed E-state index contributed by atoms with van der Waals surface area (Å²) < 4.78 is 34.6. The number of hydrogen-bond donors (Lipinski definition) is 1. The minimum atomic E-state index is -2.89. The first kappa shape index (κ1) is 26.6. The average molecular weight is 563 g/mol. The molecule has 0 spiro atoms. The van der Waals surface area contributed by atoms with Gasteiger partial charge in [-0.2, -0.15) is 0 Å². The molecular formula is C28H33BrF2N2O3. The number of ether oxygens (including phenoxy) is 1. The molecule has 36 heavy (non-hydrogen) atoms. The lowest BCUT2D eigenvalue weighted by molar-refractivity contribution is -0.175. The molecule has 2 aromatic carbocycles. The largest absolute Gasteiger partial charge is 0.461 e. The SMILES string of the molecule is CC(C)C1N(CCOC(=O)[C@](O)(c2ccccc2)[C@@H]2CCC(F)(F)C2)C=CN1Cc1ccc(Br)cc1. The molecule has 194 valence electrons. The number of alkyl halides is 2. The third-order valence-corrected chi connectivity index (χ3v) is 7.63. The van der Waals surface area contributed by atoms with Crippen molar-refractivity contribution < 1.29 is 23.4 Å². The topological polar surface area (TPSA) is 53.0 Å². The molecule has 2 aliphatic rings. The molecule has 3 atom stereocenters. The van der Waals surface area contributed by atoms with Gasteiger partial charge in [-0.1, -0.05) is 72.2 Å². The van der Waals surface area contributed by atoms with E-state index in [9.17, 15) is 18.7 Å². The molecule has 0 saturated heterocycles.